The first kappa shape index (κ1) is 26.5. The van der Waals surface area contributed by atoms with Gasteiger partial charge in [0.1, 0.15) is 13.6 Å². The fourth-order valence-corrected chi connectivity index (χ4v) is 1.53. The van der Waals surface area contributed by atoms with E-state index < -0.39 is 19.8 Å². The first-order valence-corrected chi connectivity index (χ1v) is 6.01. The van der Waals surface area contributed by atoms with Crippen LogP contribution in [0.3, 0.4) is 0 Å². The molecule has 0 aliphatic carbocycles. The molecule has 0 aliphatic heterocycles. The molecule has 1 atom stereocenters. The van der Waals surface area contributed by atoms with E-state index in [0.717, 1.165) is 0 Å². The number of aliphatic carboxylic acids is 1. The molecular formula is C9H9NNa3O6P. The largest absolute Gasteiger partial charge is 1.00 e. The second kappa shape index (κ2) is 12.1. The van der Waals surface area contributed by atoms with Crippen LogP contribution < -0.4 is 114 Å². The average molecular weight is 327 g/mol. The van der Waals surface area contributed by atoms with Gasteiger partial charge in [-0.3, -0.25) is 0 Å². The molecule has 2 N–H and O–H groups in total. The zero-order valence-electron chi connectivity index (χ0n) is 11.6. The van der Waals surface area contributed by atoms with Gasteiger partial charge in [0.15, 0.2) is 0 Å². The van der Waals surface area contributed by atoms with E-state index in [0.29, 0.717) is 5.56 Å². The Labute approximate surface area is 182 Å². The topological polar surface area (TPSA) is 139 Å². The van der Waals surface area contributed by atoms with Crippen molar-refractivity contribution in [1.29, 1.82) is 0 Å². The van der Waals surface area contributed by atoms with Crippen molar-refractivity contribution in [2.24, 2.45) is 5.73 Å². The molecule has 0 bridgehead atoms. The van der Waals surface area contributed by atoms with Crippen molar-refractivity contribution in [2.75, 3.05) is 0 Å². The van der Waals surface area contributed by atoms with Crippen LogP contribution >= 0.6 is 7.82 Å². The Bertz CT molecular complexity index is 452. The summed E-state index contributed by atoms with van der Waals surface area (Å²) in [7, 11) is -5.07. The number of carboxylic acid groups (broad SMARTS) is 1. The molecule has 0 amide bonds. The molecule has 0 spiro atoms. The zero-order valence-corrected chi connectivity index (χ0v) is 18.5. The molecule has 11 heteroatoms. The maximum Gasteiger partial charge on any atom is 1.00 e. The molecule has 0 fully saturated rings. The summed E-state index contributed by atoms with van der Waals surface area (Å²) in [6.07, 6.45) is 0.0367. The summed E-state index contributed by atoms with van der Waals surface area (Å²) in [4.78, 5) is 31.0. The predicted molar refractivity (Wildman–Crippen MR) is 51.4 cm³/mol. The smallest absolute Gasteiger partial charge is 0.780 e. The van der Waals surface area contributed by atoms with E-state index in [2.05, 4.69) is 4.52 Å². The van der Waals surface area contributed by atoms with E-state index in [-0.39, 0.29) is 101 Å². The second-order valence-electron chi connectivity index (χ2n) is 3.31. The van der Waals surface area contributed by atoms with E-state index in [9.17, 15) is 24.3 Å². The number of phosphoric ester groups is 1. The quantitative estimate of drug-likeness (QED) is 0.418. The molecule has 0 heterocycles. The summed E-state index contributed by atoms with van der Waals surface area (Å²) in [5, 5.41) is 10.4. The van der Waals surface area contributed by atoms with Crippen molar-refractivity contribution < 1.29 is 117 Å². The molecular weight excluding hydrogens is 318 g/mol. The van der Waals surface area contributed by atoms with Crippen molar-refractivity contribution in [3.05, 3.63) is 29.8 Å². The van der Waals surface area contributed by atoms with Crippen LogP contribution in [0.1, 0.15) is 5.56 Å². The number of rotatable bonds is 5. The van der Waals surface area contributed by atoms with Crippen molar-refractivity contribution in [3.8, 4) is 5.75 Å². The second-order valence-corrected chi connectivity index (χ2v) is 4.39. The number of carboxylic acids is 1. The molecule has 7 nitrogen and oxygen atoms in total. The first-order valence-electron chi connectivity index (χ1n) is 4.55. The third kappa shape index (κ3) is 11.2. The van der Waals surface area contributed by atoms with Crippen LogP contribution in [-0.2, 0) is 15.8 Å². The summed E-state index contributed by atoms with van der Waals surface area (Å²) in [5.41, 5.74) is 5.81. The van der Waals surface area contributed by atoms with Crippen LogP contribution in [0, 0.1) is 0 Å². The molecule has 0 unspecified atom stereocenters. The van der Waals surface area contributed by atoms with Crippen molar-refractivity contribution >= 4 is 13.8 Å². The van der Waals surface area contributed by atoms with Gasteiger partial charge in [-0.05, 0) is 24.1 Å². The summed E-state index contributed by atoms with van der Waals surface area (Å²) in [6, 6.07) is 4.15. The molecule has 1 aromatic carbocycles. The van der Waals surface area contributed by atoms with Gasteiger partial charge < -0.3 is 34.5 Å². The monoisotopic (exact) mass is 327 g/mol. The summed E-state index contributed by atoms with van der Waals surface area (Å²) < 4.78 is 14.4. The average Bonchev–Trinajstić information content (AvgIpc) is 2.18. The summed E-state index contributed by atoms with van der Waals surface area (Å²) in [5.74, 6) is -1.52. The van der Waals surface area contributed by atoms with Gasteiger partial charge in [-0.15, -0.1) is 0 Å². The number of carbonyl (C=O) groups excluding carboxylic acids is 1. The number of hydrogen-bond acceptors (Lipinski definition) is 7. The predicted octanol–water partition coefficient (Wildman–Crippen LogP) is -11.5. The van der Waals surface area contributed by atoms with Gasteiger partial charge in [0.25, 0.3) is 0 Å². The fraction of sp³-hybridized carbons (Fsp3) is 0.222. The number of nitrogens with two attached hydrogens (primary N) is 1. The molecule has 20 heavy (non-hydrogen) atoms. The van der Waals surface area contributed by atoms with Crippen LogP contribution in [0.15, 0.2) is 24.3 Å². The molecule has 0 saturated heterocycles. The minimum absolute atomic E-state index is 0. The molecule has 0 aromatic heterocycles. The minimum atomic E-state index is -5.07. The number of phosphoric acid groups is 1. The van der Waals surface area contributed by atoms with Crippen LogP contribution in [0.25, 0.3) is 0 Å². The van der Waals surface area contributed by atoms with Crippen LogP contribution in [-0.4, -0.2) is 12.0 Å². The third-order valence-corrected chi connectivity index (χ3v) is 2.33. The Morgan fingerprint density at radius 2 is 1.65 bits per heavy atom. The van der Waals surface area contributed by atoms with E-state index in [1.807, 2.05) is 0 Å². The Hall–Kier alpha value is 1.60. The van der Waals surface area contributed by atoms with E-state index in [1.165, 1.54) is 24.3 Å². The fourth-order valence-electron chi connectivity index (χ4n) is 1.15. The van der Waals surface area contributed by atoms with Crippen molar-refractivity contribution in [1.82, 2.24) is 0 Å². The normalized spacial score (nSPS) is 11.2. The summed E-state index contributed by atoms with van der Waals surface area (Å²) >= 11 is 0. The van der Waals surface area contributed by atoms with Crippen LogP contribution in [0.4, 0.5) is 0 Å². The molecule has 1 rings (SSSR count). The summed E-state index contributed by atoms with van der Waals surface area (Å²) in [6.45, 7) is 0. The Kier molecular flexibility index (Phi) is 16.0. The molecule has 0 aliphatic rings. The zero-order chi connectivity index (χ0) is 13.1. The Morgan fingerprint density at radius 1 is 1.20 bits per heavy atom. The van der Waals surface area contributed by atoms with Crippen LogP contribution in [0.2, 0.25) is 0 Å². The third-order valence-electron chi connectivity index (χ3n) is 1.90. The minimum Gasteiger partial charge on any atom is -0.780 e. The van der Waals surface area contributed by atoms with Gasteiger partial charge in [-0.1, -0.05) is 12.1 Å². The number of benzene rings is 1. The number of hydrogen-bond donors (Lipinski definition) is 1. The van der Waals surface area contributed by atoms with Gasteiger partial charge in [0.2, 0.25) is 0 Å². The number of carbonyl (C=O) groups is 1. The van der Waals surface area contributed by atoms with E-state index in [4.69, 9.17) is 5.73 Å². The Balaban J connectivity index is -0.000000963. The first-order chi connectivity index (χ1) is 7.78. The Morgan fingerprint density at radius 3 is 2.00 bits per heavy atom. The van der Waals surface area contributed by atoms with Crippen molar-refractivity contribution in [3.63, 3.8) is 0 Å². The molecule has 0 radical (unpaired) electrons. The van der Waals surface area contributed by atoms with Gasteiger partial charge >= 0.3 is 88.7 Å². The molecule has 0 saturated carbocycles. The molecule has 94 valence electrons. The van der Waals surface area contributed by atoms with Gasteiger partial charge in [-0.25, -0.2) is 0 Å². The standard InChI is InChI=1S/C9H12NO6P.3Na/c10-8(9(11)12)5-6-1-3-7(4-2-6)16-17(13,14)15;;;/h1-4,8H,5,10H2,(H,11,12)(H2,13,14,15);;;/q;3*+1/p-3/t8-;;;/m0.../s1. The van der Waals surface area contributed by atoms with E-state index >= 15 is 0 Å². The molecule has 1 aromatic rings. The van der Waals surface area contributed by atoms with Gasteiger partial charge in [0.05, 0.1) is 5.97 Å². The van der Waals surface area contributed by atoms with Gasteiger partial charge in [0, 0.05) is 6.04 Å². The van der Waals surface area contributed by atoms with Gasteiger partial charge in [-0.2, -0.15) is 0 Å². The SMILES string of the molecule is N[C@@H](Cc1ccc(OP(=O)([O-])[O-])cc1)C(=O)[O-].[Na+].[Na+].[Na+]. The van der Waals surface area contributed by atoms with Crippen LogP contribution in [0.5, 0.6) is 5.75 Å². The van der Waals surface area contributed by atoms with E-state index in [1.54, 1.807) is 0 Å². The van der Waals surface area contributed by atoms with Crippen molar-refractivity contribution in [2.45, 2.75) is 12.5 Å². The maximum atomic E-state index is 10.4. The maximum absolute atomic E-state index is 10.4.